The summed E-state index contributed by atoms with van der Waals surface area (Å²) in [7, 11) is -3.40. The molecule has 0 unspecified atom stereocenters. The molecule has 134 valence electrons. The van der Waals surface area contributed by atoms with Gasteiger partial charge in [0, 0.05) is 6.26 Å². The molecule has 0 aliphatic rings. The minimum absolute atomic E-state index is 0.0378. The van der Waals surface area contributed by atoms with Crippen molar-refractivity contribution in [3.8, 4) is 0 Å². The Morgan fingerprint density at radius 2 is 1.79 bits per heavy atom. The summed E-state index contributed by atoms with van der Waals surface area (Å²) >= 11 is 10.9. The fourth-order valence-electron chi connectivity index (χ4n) is 1.82. The van der Waals surface area contributed by atoms with Crippen molar-refractivity contribution in [2.45, 2.75) is 28.8 Å². The third-order valence-electron chi connectivity index (χ3n) is 3.00. The second kappa shape index (κ2) is 8.66. The molecule has 7 nitrogen and oxygen atoms in total. The fourth-order valence-corrected chi connectivity index (χ4v) is 2.58. The fraction of sp³-hybridized carbons (Fsp3) is 0.429. The second-order valence-electron chi connectivity index (χ2n) is 4.83. The van der Waals surface area contributed by atoms with Crippen molar-refractivity contribution in [3.05, 3.63) is 29.8 Å². The van der Waals surface area contributed by atoms with E-state index in [1.807, 2.05) is 0 Å². The summed E-state index contributed by atoms with van der Waals surface area (Å²) in [5, 5.41) is 12.5. The minimum atomic E-state index is -3.40. The summed E-state index contributed by atoms with van der Waals surface area (Å²) in [5.41, 5.74) is 0.210. The Morgan fingerprint density at radius 3 is 2.21 bits per heavy atom. The minimum Gasteiger partial charge on any atom is -0.464 e. The van der Waals surface area contributed by atoms with Crippen LogP contribution in [-0.2, 0) is 24.2 Å². The molecule has 1 amide bonds. The van der Waals surface area contributed by atoms with Crippen LogP contribution in [0.4, 0.5) is 0 Å². The van der Waals surface area contributed by atoms with Crippen LogP contribution >= 0.6 is 23.2 Å². The monoisotopic (exact) mass is 397 g/mol. The summed E-state index contributed by atoms with van der Waals surface area (Å²) in [6.07, 6.45) is -0.435. The van der Waals surface area contributed by atoms with E-state index < -0.39 is 38.7 Å². The van der Waals surface area contributed by atoms with E-state index in [1.54, 1.807) is 6.92 Å². The molecule has 0 aliphatic carbocycles. The molecular weight excluding hydrogens is 381 g/mol. The number of carbonyl (C=O) groups excluding carboxylic acids is 2. The van der Waals surface area contributed by atoms with Crippen LogP contribution in [0.2, 0.25) is 0 Å². The van der Waals surface area contributed by atoms with Gasteiger partial charge in [-0.25, -0.2) is 13.2 Å². The predicted octanol–water partition coefficient (Wildman–Crippen LogP) is 0.975. The number of benzene rings is 1. The number of ether oxygens (including phenoxy) is 1. The van der Waals surface area contributed by atoms with Gasteiger partial charge in [-0.2, -0.15) is 0 Å². The summed E-state index contributed by atoms with van der Waals surface area (Å²) in [4.78, 5) is 22.2. The Hall–Kier alpha value is -1.35. The van der Waals surface area contributed by atoms with E-state index in [0.29, 0.717) is 0 Å². The molecule has 0 saturated heterocycles. The van der Waals surface area contributed by atoms with E-state index in [1.165, 1.54) is 24.3 Å². The Balaban J connectivity index is 3.08. The molecule has 0 fully saturated rings. The number of hydrogen-bond donors (Lipinski definition) is 2. The van der Waals surface area contributed by atoms with Gasteiger partial charge in [-0.15, -0.1) is 0 Å². The Bertz CT molecular complexity index is 690. The molecule has 0 bridgehead atoms. The number of nitrogens with one attached hydrogen (secondary N) is 1. The van der Waals surface area contributed by atoms with E-state index in [4.69, 9.17) is 27.9 Å². The molecular formula is C14H17Cl2NO6S. The van der Waals surface area contributed by atoms with Crippen LogP contribution in [0.1, 0.15) is 18.6 Å². The third kappa shape index (κ3) is 5.62. The van der Waals surface area contributed by atoms with E-state index in [0.717, 1.165) is 6.26 Å². The van der Waals surface area contributed by atoms with Gasteiger partial charge in [-0.05, 0) is 24.6 Å². The van der Waals surface area contributed by atoms with Crippen molar-refractivity contribution in [1.29, 1.82) is 0 Å². The Labute approximate surface area is 149 Å². The highest BCUT2D eigenvalue weighted by atomic mass is 35.5. The first kappa shape index (κ1) is 20.7. The largest absolute Gasteiger partial charge is 0.464 e. The standard InChI is InChI=1S/C14H17Cl2NO6S/c1-3-23-14(20)10(17-13(19)12(15)16)11(18)8-4-6-9(7-5-8)24(2,21)22/h4-7,10-12,18H,3H2,1-2H3,(H,17,19)/t10-,11+/m0/s1. The zero-order valence-electron chi connectivity index (χ0n) is 12.9. The number of carbonyl (C=O) groups is 2. The summed E-state index contributed by atoms with van der Waals surface area (Å²) in [6.45, 7) is 1.60. The highest BCUT2D eigenvalue weighted by molar-refractivity contribution is 7.90. The zero-order valence-corrected chi connectivity index (χ0v) is 15.2. The maximum Gasteiger partial charge on any atom is 0.331 e. The number of halogens is 2. The molecule has 1 aromatic rings. The van der Waals surface area contributed by atoms with Crippen molar-refractivity contribution < 1.29 is 27.9 Å². The van der Waals surface area contributed by atoms with Crippen LogP contribution in [-0.4, -0.2) is 49.1 Å². The van der Waals surface area contributed by atoms with Crippen molar-refractivity contribution in [2.24, 2.45) is 0 Å². The summed E-state index contributed by atoms with van der Waals surface area (Å²) in [6, 6.07) is 3.78. The first-order valence-corrected chi connectivity index (χ1v) is 9.57. The van der Waals surface area contributed by atoms with Crippen molar-refractivity contribution >= 4 is 44.9 Å². The molecule has 24 heavy (non-hydrogen) atoms. The lowest BCUT2D eigenvalue weighted by Crippen LogP contribution is -2.47. The predicted molar refractivity (Wildman–Crippen MR) is 88.6 cm³/mol. The molecule has 0 aromatic heterocycles. The molecule has 0 heterocycles. The van der Waals surface area contributed by atoms with E-state index in [2.05, 4.69) is 5.32 Å². The first-order valence-electron chi connectivity index (χ1n) is 6.81. The van der Waals surface area contributed by atoms with E-state index in [-0.39, 0.29) is 17.1 Å². The number of sulfone groups is 1. The van der Waals surface area contributed by atoms with Crippen LogP contribution in [0.3, 0.4) is 0 Å². The van der Waals surface area contributed by atoms with Crippen molar-refractivity contribution in [2.75, 3.05) is 12.9 Å². The molecule has 1 aromatic carbocycles. The zero-order chi connectivity index (χ0) is 18.5. The highest BCUT2D eigenvalue weighted by Crippen LogP contribution is 2.21. The van der Waals surface area contributed by atoms with Gasteiger partial charge in [-0.3, -0.25) is 4.79 Å². The van der Waals surface area contributed by atoms with Gasteiger partial charge < -0.3 is 15.2 Å². The molecule has 0 saturated carbocycles. The average molecular weight is 398 g/mol. The van der Waals surface area contributed by atoms with E-state index >= 15 is 0 Å². The molecule has 2 atom stereocenters. The number of rotatable bonds is 7. The van der Waals surface area contributed by atoms with E-state index in [9.17, 15) is 23.1 Å². The SMILES string of the molecule is CCOC(=O)[C@@H](NC(=O)C(Cl)Cl)[C@H](O)c1ccc(S(C)(=O)=O)cc1. The highest BCUT2D eigenvalue weighted by Gasteiger charge is 2.32. The van der Waals surface area contributed by atoms with Gasteiger partial charge >= 0.3 is 5.97 Å². The smallest absolute Gasteiger partial charge is 0.331 e. The number of amides is 1. The second-order valence-corrected chi connectivity index (χ2v) is 7.94. The van der Waals surface area contributed by atoms with Crippen LogP contribution in [0.5, 0.6) is 0 Å². The van der Waals surface area contributed by atoms with Crippen LogP contribution in [0, 0.1) is 0 Å². The first-order chi connectivity index (χ1) is 11.1. The lowest BCUT2D eigenvalue weighted by molar-refractivity contribution is -0.150. The number of aliphatic hydroxyl groups is 1. The Morgan fingerprint density at radius 1 is 1.25 bits per heavy atom. The number of hydrogen-bond acceptors (Lipinski definition) is 6. The summed E-state index contributed by atoms with van der Waals surface area (Å²) in [5.74, 6) is -1.75. The average Bonchev–Trinajstić information content (AvgIpc) is 2.51. The lowest BCUT2D eigenvalue weighted by Gasteiger charge is -2.23. The van der Waals surface area contributed by atoms with Gasteiger partial charge in [0.15, 0.2) is 20.7 Å². The lowest BCUT2D eigenvalue weighted by atomic mass is 10.0. The quantitative estimate of drug-likeness (QED) is 0.523. The number of alkyl halides is 2. The van der Waals surface area contributed by atoms with Gasteiger partial charge in [0.2, 0.25) is 0 Å². The van der Waals surface area contributed by atoms with Crippen LogP contribution in [0.25, 0.3) is 0 Å². The normalized spacial score (nSPS) is 14.1. The van der Waals surface area contributed by atoms with Gasteiger partial charge in [-0.1, -0.05) is 35.3 Å². The van der Waals surface area contributed by atoms with Crippen molar-refractivity contribution in [1.82, 2.24) is 5.32 Å². The molecule has 1 rings (SSSR count). The van der Waals surface area contributed by atoms with Gasteiger partial charge in [0.1, 0.15) is 6.10 Å². The van der Waals surface area contributed by atoms with Crippen LogP contribution < -0.4 is 5.32 Å². The molecule has 0 spiro atoms. The maximum atomic E-state index is 12.0. The van der Waals surface area contributed by atoms with Crippen LogP contribution in [0.15, 0.2) is 29.2 Å². The molecule has 10 heteroatoms. The third-order valence-corrected chi connectivity index (χ3v) is 4.53. The topological polar surface area (TPSA) is 110 Å². The molecule has 0 aliphatic heterocycles. The van der Waals surface area contributed by atoms with Crippen molar-refractivity contribution in [3.63, 3.8) is 0 Å². The maximum absolute atomic E-state index is 12.0. The van der Waals surface area contributed by atoms with Gasteiger partial charge in [0.25, 0.3) is 5.91 Å². The number of esters is 1. The number of aliphatic hydroxyl groups excluding tert-OH is 1. The Kier molecular flexibility index (Phi) is 7.47. The van der Waals surface area contributed by atoms with Gasteiger partial charge in [0.05, 0.1) is 11.5 Å². The molecule has 0 radical (unpaired) electrons. The molecule has 2 N–H and O–H groups in total. The summed E-state index contributed by atoms with van der Waals surface area (Å²) < 4.78 is 27.7.